The predicted molar refractivity (Wildman–Crippen MR) is 115 cm³/mol. The van der Waals surface area contributed by atoms with Crippen LogP contribution in [0.4, 0.5) is 0 Å². The highest BCUT2D eigenvalue weighted by molar-refractivity contribution is 14.0. The number of benzene rings is 2. The van der Waals surface area contributed by atoms with E-state index in [-0.39, 0.29) is 24.0 Å². The van der Waals surface area contributed by atoms with Crippen LogP contribution in [0.15, 0.2) is 53.5 Å². The van der Waals surface area contributed by atoms with Crippen LogP contribution in [0, 0.1) is 6.92 Å². The number of nitrogens with zero attached hydrogens (tertiary/aromatic N) is 1. The monoisotopic (exact) mass is 453 g/mol. The summed E-state index contributed by atoms with van der Waals surface area (Å²) in [5.41, 5.74) is 4.94. The van der Waals surface area contributed by atoms with Crippen LogP contribution in [0.2, 0.25) is 0 Å². The first-order chi connectivity index (χ1) is 11.7. The van der Waals surface area contributed by atoms with Gasteiger partial charge in [0.2, 0.25) is 0 Å². The Morgan fingerprint density at radius 2 is 1.60 bits per heavy atom. The highest BCUT2D eigenvalue weighted by Crippen LogP contribution is 2.10. The van der Waals surface area contributed by atoms with E-state index in [1.165, 1.54) is 22.3 Å². The third-order valence-corrected chi connectivity index (χ3v) is 3.83. The molecule has 0 heterocycles. The zero-order chi connectivity index (χ0) is 17.2. The van der Waals surface area contributed by atoms with Gasteiger partial charge in [0, 0.05) is 26.7 Å². The molecule has 0 saturated heterocycles. The molecular weight excluding hydrogens is 425 g/mol. The molecule has 0 unspecified atom stereocenters. The molecule has 136 valence electrons. The number of aliphatic imine (C=N–C) groups is 1. The SMILES string of the molecule is CCOCc1ccccc1CNC(=NC)NCc1ccc(C)cc1.I. The maximum Gasteiger partial charge on any atom is 0.191 e. The molecule has 0 spiro atoms. The van der Waals surface area contributed by atoms with Crippen molar-refractivity contribution in [3.05, 3.63) is 70.8 Å². The Morgan fingerprint density at radius 1 is 0.960 bits per heavy atom. The lowest BCUT2D eigenvalue weighted by Gasteiger charge is -2.14. The Kier molecular flexibility index (Phi) is 10.2. The van der Waals surface area contributed by atoms with E-state index in [0.29, 0.717) is 6.61 Å². The van der Waals surface area contributed by atoms with E-state index in [2.05, 4.69) is 65.0 Å². The zero-order valence-electron chi connectivity index (χ0n) is 15.2. The second-order valence-corrected chi connectivity index (χ2v) is 5.67. The molecule has 0 fully saturated rings. The molecule has 0 bridgehead atoms. The molecule has 0 radical (unpaired) electrons. The number of ether oxygens (including phenoxy) is 1. The number of halogens is 1. The molecule has 0 aliphatic carbocycles. The van der Waals surface area contributed by atoms with Crippen LogP contribution < -0.4 is 10.6 Å². The summed E-state index contributed by atoms with van der Waals surface area (Å²) in [6.45, 7) is 6.94. The van der Waals surface area contributed by atoms with Crippen molar-refractivity contribution in [3.63, 3.8) is 0 Å². The molecule has 2 aromatic carbocycles. The van der Waals surface area contributed by atoms with Crippen molar-refractivity contribution < 1.29 is 4.74 Å². The minimum Gasteiger partial charge on any atom is -0.377 e. The smallest absolute Gasteiger partial charge is 0.191 e. The van der Waals surface area contributed by atoms with Crippen LogP contribution in [0.5, 0.6) is 0 Å². The van der Waals surface area contributed by atoms with Crippen LogP contribution in [-0.2, 0) is 24.4 Å². The average Bonchev–Trinajstić information content (AvgIpc) is 2.62. The van der Waals surface area contributed by atoms with Gasteiger partial charge in [0.05, 0.1) is 6.61 Å². The third kappa shape index (κ3) is 7.44. The second-order valence-electron chi connectivity index (χ2n) is 5.67. The van der Waals surface area contributed by atoms with E-state index in [4.69, 9.17) is 4.74 Å². The molecule has 0 saturated carbocycles. The van der Waals surface area contributed by atoms with Gasteiger partial charge in [-0.2, -0.15) is 0 Å². The molecule has 25 heavy (non-hydrogen) atoms. The van der Waals surface area contributed by atoms with E-state index in [9.17, 15) is 0 Å². The number of guanidine groups is 1. The van der Waals surface area contributed by atoms with Gasteiger partial charge < -0.3 is 15.4 Å². The highest BCUT2D eigenvalue weighted by Gasteiger charge is 2.04. The first kappa shape index (κ1) is 21.4. The van der Waals surface area contributed by atoms with Crippen LogP contribution in [0.1, 0.15) is 29.2 Å². The second kappa shape index (κ2) is 11.9. The maximum atomic E-state index is 5.53. The van der Waals surface area contributed by atoms with Crippen molar-refractivity contribution in [3.8, 4) is 0 Å². The molecule has 0 aromatic heterocycles. The summed E-state index contributed by atoms with van der Waals surface area (Å²) in [6.07, 6.45) is 0. The molecule has 5 heteroatoms. The lowest BCUT2D eigenvalue weighted by molar-refractivity contribution is 0.133. The number of aryl methyl sites for hydroxylation is 1. The molecular formula is C20H28IN3O. The fourth-order valence-electron chi connectivity index (χ4n) is 2.37. The van der Waals surface area contributed by atoms with E-state index < -0.39 is 0 Å². The summed E-state index contributed by atoms with van der Waals surface area (Å²) in [5.74, 6) is 0.793. The minimum atomic E-state index is 0. The van der Waals surface area contributed by atoms with E-state index in [1.54, 1.807) is 7.05 Å². The van der Waals surface area contributed by atoms with Gasteiger partial charge in [0.25, 0.3) is 0 Å². The average molecular weight is 453 g/mol. The molecule has 4 nitrogen and oxygen atoms in total. The topological polar surface area (TPSA) is 45.6 Å². The molecule has 0 atom stereocenters. The van der Waals surface area contributed by atoms with Gasteiger partial charge in [-0.25, -0.2) is 0 Å². The van der Waals surface area contributed by atoms with Crippen LogP contribution in [0.3, 0.4) is 0 Å². The Bertz CT molecular complexity index is 656. The van der Waals surface area contributed by atoms with Gasteiger partial charge in [-0.3, -0.25) is 4.99 Å². The van der Waals surface area contributed by atoms with Crippen molar-refractivity contribution in [1.29, 1.82) is 0 Å². The Labute approximate surface area is 168 Å². The summed E-state index contributed by atoms with van der Waals surface area (Å²) in [4.78, 5) is 4.29. The summed E-state index contributed by atoms with van der Waals surface area (Å²) >= 11 is 0. The summed E-state index contributed by atoms with van der Waals surface area (Å²) in [5, 5.41) is 6.71. The largest absolute Gasteiger partial charge is 0.377 e. The lowest BCUT2D eigenvalue weighted by atomic mass is 10.1. The van der Waals surface area contributed by atoms with Crippen LogP contribution in [-0.4, -0.2) is 19.6 Å². The summed E-state index contributed by atoms with van der Waals surface area (Å²) in [6, 6.07) is 16.8. The van der Waals surface area contributed by atoms with Crippen molar-refractivity contribution in [1.82, 2.24) is 10.6 Å². The molecule has 0 aliphatic heterocycles. The minimum absolute atomic E-state index is 0. The van der Waals surface area contributed by atoms with E-state index in [1.807, 2.05) is 13.0 Å². The first-order valence-corrected chi connectivity index (χ1v) is 8.37. The van der Waals surface area contributed by atoms with Gasteiger partial charge >= 0.3 is 0 Å². The normalized spacial score (nSPS) is 10.9. The molecule has 2 rings (SSSR count). The van der Waals surface area contributed by atoms with Gasteiger partial charge in [0.1, 0.15) is 0 Å². The number of nitrogens with one attached hydrogen (secondary N) is 2. The maximum absolute atomic E-state index is 5.53. The fraction of sp³-hybridized carbons (Fsp3) is 0.350. The van der Waals surface area contributed by atoms with Crippen LogP contribution >= 0.6 is 24.0 Å². The molecule has 2 N–H and O–H groups in total. The van der Waals surface area contributed by atoms with Crippen molar-refractivity contribution in [2.24, 2.45) is 4.99 Å². The summed E-state index contributed by atoms with van der Waals surface area (Å²) < 4.78 is 5.53. The summed E-state index contributed by atoms with van der Waals surface area (Å²) in [7, 11) is 1.79. The zero-order valence-corrected chi connectivity index (χ0v) is 17.5. The Balaban J connectivity index is 0.00000312. The van der Waals surface area contributed by atoms with Crippen molar-refractivity contribution in [2.75, 3.05) is 13.7 Å². The Hall–Kier alpha value is -1.60. The standard InChI is InChI=1S/C20H27N3O.HI/c1-4-24-15-19-8-6-5-7-18(19)14-23-20(21-3)22-13-17-11-9-16(2)10-12-17;/h5-12H,4,13-15H2,1-3H3,(H2,21,22,23);1H. The number of rotatable bonds is 7. The van der Waals surface area contributed by atoms with Crippen molar-refractivity contribution in [2.45, 2.75) is 33.5 Å². The molecule has 2 aromatic rings. The predicted octanol–water partition coefficient (Wildman–Crippen LogP) is 4.01. The van der Waals surface area contributed by atoms with E-state index in [0.717, 1.165) is 25.7 Å². The number of hydrogen-bond donors (Lipinski definition) is 2. The van der Waals surface area contributed by atoms with Gasteiger partial charge in [-0.05, 0) is 30.5 Å². The Morgan fingerprint density at radius 3 is 2.24 bits per heavy atom. The van der Waals surface area contributed by atoms with Gasteiger partial charge in [0.15, 0.2) is 5.96 Å². The third-order valence-electron chi connectivity index (χ3n) is 3.83. The van der Waals surface area contributed by atoms with Gasteiger partial charge in [-0.1, -0.05) is 54.1 Å². The first-order valence-electron chi connectivity index (χ1n) is 8.37. The molecule has 0 aliphatic rings. The fourth-order valence-corrected chi connectivity index (χ4v) is 2.37. The quantitative estimate of drug-likeness (QED) is 0.378. The van der Waals surface area contributed by atoms with Crippen molar-refractivity contribution >= 4 is 29.9 Å². The van der Waals surface area contributed by atoms with Crippen LogP contribution in [0.25, 0.3) is 0 Å². The lowest BCUT2D eigenvalue weighted by Crippen LogP contribution is -2.36. The van der Waals surface area contributed by atoms with E-state index >= 15 is 0 Å². The van der Waals surface area contributed by atoms with Gasteiger partial charge in [-0.15, -0.1) is 24.0 Å². The molecule has 0 amide bonds. The highest BCUT2D eigenvalue weighted by atomic mass is 127. The number of hydrogen-bond acceptors (Lipinski definition) is 2.